The molecule has 1 fully saturated rings. The van der Waals surface area contributed by atoms with Crippen molar-refractivity contribution in [3.8, 4) is 0 Å². The van der Waals surface area contributed by atoms with Crippen LogP contribution in [-0.4, -0.2) is 5.67 Å². The standard InChI is InChI=1S/C7H12F/c1-7(8)5-3-2-4-6-7/h2H,3-6H2,1H3. The van der Waals surface area contributed by atoms with E-state index in [-0.39, 0.29) is 0 Å². The van der Waals surface area contributed by atoms with Gasteiger partial charge in [0.05, 0.1) is 0 Å². The molecule has 1 saturated carbocycles. The summed E-state index contributed by atoms with van der Waals surface area (Å²) < 4.78 is 12.9. The smallest absolute Gasteiger partial charge is 0.108 e. The molecule has 0 aliphatic heterocycles. The van der Waals surface area contributed by atoms with Gasteiger partial charge in [-0.25, -0.2) is 4.39 Å². The summed E-state index contributed by atoms with van der Waals surface area (Å²) in [4.78, 5) is 0. The molecule has 1 aliphatic carbocycles. The van der Waals surface area contributed by atoms with E-state index in [0.717, 1.165) is 25.7 Å². The number of rotatable bonds is 0. The molecule has 0 aromatic rings. The molecule has 0 spiro atoms. The fraction of sp³-hybridized carbons (Fsp3) is 0.857. The van der Waals surface area contributed by atoms with Crippen LogP contribution in [0, 0.1) is 6.42 Å². The van der Waals surface area contributed by atoms with Gasteiger partial charge in [0.2, 0.25) is 0 Å². The largest absolute Gasteiger partial charge is 0.244 e. The Bertz CT molecular complexity index is 68.5. The zero-order valence-electron chi connectivity index (χ0n) is 5.28. The summed E-state index contributed by atoms with van der Waals surface area (Å²) >= 11 is 0. The first kappa shape index (κ1) is 6.06. The van der Waals surface area contributed by atoms with E-state index in [2.05, 4.69) is 6.42 Å². The summed E-state index contributed by atoms with van der Waals surface area (Å²) in [5.74, 6) is 0. The number of halogens is 1. The quantitative estimate of drug-likeness (QED) is 0.455. The second-order valence-electron chi connectivity index (χ2n) is 2.78. The maximum Gasteiger partial charge on any atom is 0.108 e. The molecule has 0 aromatic heterocycles. The average molecular weight is 115 g/mol. The third kappa shape index (κ3) is 1.46. The van der Waals surface area contributed by atoms with Crippen LogP contribution in [0.5, 0.6) is 0 Å². The van der Waals surface area contributed by atoms with Crippen molar-refractivity contribution in [3.05, 3.63) is 6.42 Å². The van der Waals surface area contributed by atoms with Crippen molar-refractivity contribution in [1.82, 2.24) is 0 Å². The fourth-order valence-electron chi connectivity index (χ4n) is 1.08. The molecule has 1 rings (SSSR count). The van der Waals surface area contributed by atoms with Crippen molar-refractivity contribution >= 4 is 0 Å². The van der Waals surface area contributed by atoms with Gasteiger partial charge in [0.1, 0.15) is 5.67 Å². The molecule has 0 aromatic carbocycles. The van der Waals surface area contributed by atoms with E-state index in [4.69, 9.17) is 0 Å². The van der Waals surface area contributed by atoms with Gasteiger partial charge in [0, 0.05) is 0 Å². The van der Waals surface area contributed by atoms with Gasteiger partial charge in [-0.3, -0.25) is 0 Å². The monoisotopic (exact) mass is 115 g/mol. The molecule has 0 atom stereocenters. The SMILES string of the molecule is CC1(F)CC[CH]CC1. The minimum atomic E-state index is -0.852. The Morgan fingerprint density at radius 1 is 1.38 bits per heavy atom. The molecule has 0 unspecified atom stereocenters. The molecular weight excluding hydrogens is 103 g/mol. The Morgan fingerprint density at radius 2 is 1.88 bits per heavy atom. The lowest BCUT2D eigenvalue weighted by Crippen LogP contribution is -2.21. The highest BCUT2D eigenvalue weighted by Crippen LogP contribution is 2.29. The normalized spacial score (nSPS) is 27.8. The molecule has 1 radical (unpaired) electrons. The zero-order chi connectivity index (χ0) is 6.04. The van der Waals surface area contributed by atoms with E-state index in [1.165, 1.54) is 0 Å². The lowest BCUT2D eigenvalue weighted by molar-refractivity contribution is 0.145. The van der Waals surface area contributed by atoms with Gasteiger partial charge in [-0.2, -0.15) is 0 Å². The Hall–Kier alpha value is -0.0700. The van der Waals surface area contributed by atoms with Gasteiger partial charge < -0.3 is 0 Å². The summed E-state index contributed by atoms with van der Waals surface area (Å²) in [6, 6.07) is 0. The van der Waals surface area contributed by atoms with Gasteiger partial charge in [-0.05, 0) is 39.0 Å². The maximum absolute atomic E-state index is 12.9. The van der Waals surface area contributed by atoms with E-state index in [9.17, 15) is 4.39 Å². The van der Waals surface area contributed by atoms with Crippen molar-refractivity contribution < 1.29 is 4.39 Å². The summed E-state index contributed by atoms with van der Waals surface area (Å²) in [7, 11) is 0. The van der Waals surface area contributed by atoms with Gasteiger partial charge in [0.15, 0.2) is 0 Å². The Balaban J connectivity index is 2.33. The summed E-state index contributed by atoms with van der Waals surface area (Å²) in [6.45, 7) is 1.69. The van der Waals surface area contributed by atoms with Crippen molar-refractivity contribution in [2.24, 2.45) is 0 Å². The van der Waals surface area contributed by atoms with Crippen LogP contribution in [-0.2, 0) is 0 Å². The first-order valence-corrected chi connectivity index (χ1v) is 3.21. The van der Waals surface area contributed by atoms with Crippen LogP contribution in [0.15, 0.2) is 0 Å². The highest BCUT2D eigenvalue weighted by Gasteiger charge is 2.24. The van der Waals surface area contributed by atoms with Crippen LogP contribution >= 0.6 is 0 Å². The maximum atomic E-state index is 12.9. The minimum absolute atomic E-state index is 0.729. The first-order valence-electron chi connectivity index (χ1n) is 3.21. The summed E-state index contributed by atoms with van der Waals surface area (Å²) in [6.07, 6.45) is 5.56. The number of alkyl halides is 1. The van der Waals surface area contributed by atoms with Gasteiger partial charge in [-0.15, -0.1) is 0 Å². The molecular formula is C7H12F. The van der Waals surface area contributed by atoms with Crippen LogP contribution in [0.4, 0.5) is 4.39 Å². The third-order valence-electron chi connectivity index (χ3n) is 1.74. The van der Waals surface area contributed by atoms with Gasteiger partial charge in [0.25, 0.3) is 0 Å². The van der Waals surface area contributed by atoms with Crippen molar-refractivity contribution in [2.75, 3.05) is 0 Å². The summed E-state index contributed by atoms with van der Waals surface area (Å²) in [5, 5.41) is 0. The molecule has 0 amide bonds. The lowest BCUT2D eigenvalue weighted by Gasteiger charge is -2.24. The minimum Gasteiger partial charge on any atom is -0.244 e. The van der Waals surface area contributed by atoms with Crippen LogP contribution in [0.25, 0.3) is 0 Å². The van der Waals surface area contributed by atoms with Gasteiger partial charge in [-0.1, -0.05) is 0 Å². The molecule has 0 heterocycles. The van der Waals surface area contributed by atoms with E-state index in [1.807, 2.05) is 0 Å². The fourth-order valence-corrected chi connectivity index (χ4v) is 1.08. The number of hydrogen-bond donors (Lipinski definition) is 0. The number of hydrogen-bond acceptors (Lipinski definition) is 0. The van der Waals surface area contributed by atoms with Crippen LogP contribution in [0.3, 0.4) is 0 Å². The Kier molecular flexibility index (Phi) is 1.54. The van der Waals surface area contributed by atoms with E-state index >= 15 is 0 Å². The predicted octanol–water partition coefficient (Wildman–Crippen LogP) is 2.49. The lowest BCUT2D eigenvalue weighted by atomic mass is 9.88. The Morgan fingerprint density at radius 3 is 2.12 bits per heavy atom. The van der Waals surface area contributed by atoms with Crippen molar-refractivity contribution in [2.45, 2.75) is 38.3 Å². The second-order valence-corrected chi connectivity index (χ2v) is 2.78. The summed E-state index contributed by atoms with van der Waals surface area (Å²) in [5.41, 5.74) is -0.852. The van der Waals surface area contributed by atoms with Crippen LogP contribution in [0.1, 0.15) is 32.6 Å². The van der Waals surface area contributed by atoms with Crippen molar-refractivity contribution in [1.29, 1.82) is 0 Å². The molecule has 0 bridgehead atoms. The van der Waals surface area contributed by atoms with Crippen LogP contribution in [0.2, 0.25) is 0 Å². The molecule has 8 heavy (non-hydrogen) atoms. The van der Waals surface area contributed by atoms with E-state index < -0.39 is 5.67 Å². The highest BCUT2D eigenvalue weighted by molar-refractivity contribution is 4.84. The molecule has 1 aliphatic rings. The van der Waals surface area contributed by atoms with Gasteiger partial charge >= 0.3 is 0 Å². The average Bonchev–Trinajstić information content (AvgIpc) is 1.65. The van der Waals surface area contributed by atoms with E-state index in [0.29, 0.717) is 0 Å². The first-order chi connectivity index (χ1) is 3.71. The second kappa shape index (κ2) is 2.04. The van der Waals surface area contributed by atoms with E-state index in [1.54, 1.807) is 6.92 Å². The molecule has 0 saturated heterocycles. The molecule has 1 heteroatoms. The topological polar surface area (TPSA) is 0 Å². The molecule has 0 N–H and O–H groups in total. The highest BCUT2D eigenvalue weighted by atomic mass is 19.1. The molecule has 47 valence electrons. The Labute approximate surface area is 50.1 Å². The third-order valence-corrected chi connectivity index (χ3v) is 1.74. The van der Waals surface area contributed by atoms with Crippen molar-refractivity contribution in [3.63, 3.8) is 0 Å². The van der Waals surface area contributed by atoms with Crippen LogP contribution < -0.4 is 0 Å². The molecule has 0 nitrogen and oxygen atoms in total. The predicted molar refractivity (Wildman–Crippen MR) is 32.3 cm³/mol. The zero-order valence-corrected chi connectivity index (χ0v) is 5.28.